The Morgan fingerprint density at radius 1 is 0.977 bits per heavy atom. The second-order valence-electron chi connectivity index (χ2n) is 16.2. The van der Waals surface area contributed by atoms with E-state index in [4.69, 9.17) is 21.3 Å². The van der Waals surface area contributed by atoms with Gasteiger partial charge in [0.05, 0.1) is 18.5 Å². The van der Waals surface area contributed by atoms with Crippen LogP contribution in [0.15, 0.2) is 29.3 Å². The number of likely N-dealkylation sites (tertiary alicyclic amines) is 2. The van der Waals surface area contributed by atoms with Crippen LogP contribution in [0, 0.1) is 16.7 Å². The van der Waals surface area contributed by atoms with Crippen LogP contribution in [-0.2, 0) is 14.3 Å². The van der Waals surface area contributed by atoms with E-state index < -0.39 is 5.41 Å². The summed E-state index contributed by atoms with van der Waals surface area (Å²) in [5, 5.41) is 0.700. The van der Waals surface area contributed by atoms with Crippen molar-refractivity contribution in [2.24, 2.45) is 21.7 Å². The van der Waals surface area contributed by atoms with Gasteiger partial charge in [0, 0.05) is 47.6 Å². The Morgan fingerprint density at radius 2 is 1.61 bits per heavy atom. The zero-order chi connectivity index (χ0) is 31.3. The lowest BCUT2D eigenvalue weighted by atomic mass is 9.74. The third-order valence-corrected chi connectivity index (χ3v) is 10.6. The molecule has 9 heteroatoms. The second kappa shape index (κ2) is 13.1. The van der Waals surface area contributed by atoms with Crippen molar-refractivity contribution in [2.45, 2.75) is 117 Å². The fourth-order valence-electron chi connectivity index (χ4n) is 7.59. The topological polar surface area (TPSA) is 65.5 Å². The van der Waals surface area contributed by atoms with Gasteiger partial charge in [0.2, 0.25) is 17.7 Å². The molecule has 3 heterocycles. The fraction of sp³-hybridized carbons (Fsp3) is 0.743. The van der Waals surface area contributed by atoms with Gasteiger partial charge in [-0.25, -0.2) is 0 Å². The molecule has 4 atom stereocenters. The maximum atomic E-state index is 14.8. The van der Waals surface area contributed by atoms with Gasteiger partial charge in [-0.1, -0.05) is 58.4 Å². The Balaban J connectivity index is 0.00000442. The van der Waals surface area contributed by atoms with E-state index in [1.54, 1.807) is 0 Å². The Bertz CT molecular complexity index is 1210. The van der Waals surface area contributed by atoms with Gasteiger partial charge in [0.15, 0.2) is 0 Å². The van der Waals surface area contributed by atoms with E-state index in [2.05, 4.69) is 56.6 Å². The van der Waals surface area contributed by atoms with E-state index in [0.717, 1.165) is 37.8 Å². The third-order valence-electron chi connectivity index (χ3n) is 10.3. The van der Waals surface area contributed by atoms with E-state index >= 15 is 0 Å². The first kappa shape index (κ1) is 35.0. The molecule has 44 heavy (non-hydrogen) atoms. The largest absolute Gasteiger partial charge is 0.478 e. The number of rotatable bonds is 5. The van der Waals surface area contributed by atoms with E-state index in [9.17, 15) is 9.59 Å². The summed E-state index contributed by atoms with van der Waals surface area (Å²) in [5.41, 5.74) is 0.887. The number of amides is 2. The highest BCUT2D eigenvalue weighted by atomic mass is 35.5. The van der Waals surface area contributed by atoms with Crippen molar-refractivity contribution in [1.82, 2.24) is 14.7 Å². The quantitative estimate of drug-likeness (QED) is 0.352. The molecule has 246 valence electrons. The molecule has 0 unspecified atom stereocenters. The molecule has 1 aromatic rings. The molecular formula is C35H54Cl2N4O3. The summed E-state index contributed by atoms with van der Waals surface area (Å²) >= 11 is 6.25. The maximum Gasteiger partial charge on any atom is 0.228 e. The average Bonchev–Trinajstić information content (AvgIpc) is 3.68. The average molecular weight is 650 g/mol. The van der Waals surface area contributed by atoms with Crippen LogP contribution in [0.25, 0.3) is 0 Å². The molecule has 1 aliphatic carbocycles. The van der Waals surface area contributed by atoms with Crippen LogP contribution in [0.5, 0.6) is 0 Å². The van der Waals surface area contributed by atoms with Crippen molar-refractivity contribution in [3.63, 3.8) is 0 Å². The maximum absolute atomic E-state index is 14.8. The molecule has 0 bridgehead atoms. The number of carbonyl (C=O) groups excluding carboxylic acids is 2. The number of aliphatic imine (C=N–C) groups is 1. The smallest absolute Gasteiger partial charge is 0.228 e. The highest BCUT2D eigenvalue weighted by Crippen LogP contribution is 2.42. The molecule has 4 aliphatic rings. The number of benzene rings is 1. The predicted molar refractivity (Wildman–Crippen MR) is 181 cm³/mol. The van der Waals surface area contributed by atoms with Gasteiger partial charge in [-0.15, -0.1) is 12.4 Å². The third kappa shape index (κ3) is 7.41. The predicted octanol–water partition coefficient (Wildman–Crippen LogP) is 6.82. The highest BCUT2D eigenvalue weighted by Gasteiger charge is 2.51. The van der Waals surface area contributed by atoms with Crippen LogP contribution in [0.2, 0.25) is 5.02 Å². The zero-order valence-electron chi connectivity index (χ0n) is 28.1. The lowest BCUT2D eigenvalue weighted by molar-refractivity contribution is -0.147. The minimum Gasteiger partial charge on any atom is -0.478 e. The Labute approximate surface area is 276 Å². The van der Waals surface area contributed by atoms with Gasteiger partial charge in [-0.3, -0.25) is 19.5 Å². The molecule has 2 amide bonds. The molecule has 3 fully saturated rings. The van der Waals surface area contributed by atoms with Gasteiger partial charge in [-0.05, 0) is 76.0 Å². The van der Waals surface area contributed by atoms with Gasteiger partial charge in [0.1, 0.15) is 12.6 Å². The zero-order valence-corrected chi connectivity index (χ0v) is 29.6. The summed E-state index contributed by atoms with van der Waals surface area (Å²) in [5.74, 6) is 0.847. The van der Waals surface area contributed by atoms with Crippen molar-refractivity contribution < 1.29 is 14.3 Å². The van der Waals surface area contributed by atoms with Gasteiger partial charge in [-0.2, -0.15) is 0 Å². The Morgan fingerprint density at radius 3 is 2.16 bits per heavy atom. The standard InChI is InChI=1S/C35H53ClN4O3.ClH/c1-33(2,3)32(42)40(25-13-15-35(7,8)16-14-25)26-19-29(30-37-17-18-43-30)39(20-26)31(41)28-22-38(34(4,5)6)21-27(28)23-9-11-24(36)12-10-23;/h9-12,25-29H,13-22H2,1-8H3;1H/t26-,27-,28+,29-;/m0./s1. The van der Waals surface area contributed by atoms with E-state index in [0.29, 0.717) is 49.0 Å². The number of nitrogens with zero attached hydrogens (tertiary/aromatic N) is 4. The molecule has 7 nitrogen and oxygen atoms in total. The van der Waals surface area contributed by atoms with Crippen LogP contribution in [0.1, 0.15) is 99.0 Å². The van der Waals surface area contributed by atoms with Gasteiger partial charge in [0.25, 0.3) is 0 Å². The van der Waals surface area contributed by atoms with Crippen molar-refractivity contribution >= 4 is 41.7 Å². The van der Waals surface area contributed by atoms with Crippen molar-refractivity contribution in [1.29, 1.82) is 0 Å². The normalized spacial score (nSPS) is 27.9. The van der Waals surface area contributed by atoms with E-state index in [-0.39, 0.29) is 59.7 Å². The van der Waals surface area contributed by atoms with Gasteiger partial charge >= 0.3 is 0 Å². The molecule has 0 spiro atoms. The van der Waals surface area contributed by atoms with Crippen LogP contribution in [0.4, 0.5) is 0 Å². The van der Waals surface area contributed by atoms with Crippen molar-refractivity contribution in [3.05, 3.63) is 34.9 Å². The number of hydrogen-bond donors (Lipinski definition) is 0. The number of ether oxygens (including phenoxy) is 1. The summed E-state index contributed by atoms with van der Waals surface area (Å²) in [6, 6.07) is 7.88. The Kier molecular flexibility index (Phi) is 10.4. The lowest BCUT2D eigenvalue weighted by Gasteiger charge is -2.45. The Hall–Kier alpha value is -1.83. The molecule has 0 N–H and O–H groups in total. The summed E-state index contributed by atoms with van der Waals surface area (Å²) in [4.78, 5) is 40.3. The number of halogens is 2. The summed E-state index contributed by atoms with van der Waals surface area (Å²) in [6.07, 6.45) is 4.89. The minimum absolute atomic E-state index is 0. The van der Waals surface area contributed by atoms with Crippen LogP contribution >= 0.6 is 24.0 Å². The molecular weight excluding hydrogens is 595 g/mol. The molecule has 5 rings (SSSR count). The molecule has 2 saturated heterocycles. The molecule has 1 aromatic carbocycles. The number of hydrogen-bond acceptors (Lipinski definition) is 5. The first-order valence-corrected chi connectivity index (χ1v) is 16.7. The number of carbonyl (C=O) groups is 2. The van der Waals surface area contributed by atoms with Gasteiger partial charge < -0.3 is 14.5 Å². The monoisotopic (exact) mass is 648 g/mol. The van der Waals surface area contributed by atoms with Crippen molar-refractivity contribution in [2.75, 3.05) is 32.8 Å². The fourth-order valence-corrected chi connectivity index (χ4v) is 7.71. The van der Waals surface area contributed by atoms with E-state index in [1.807, 2.05) is 37.8 Å². The summed E-state index contributed by atoms with van der Waals surface area (Å²) < 4.78 is 6.04. The van der Waals surface area contributed by atoms with E-state index in [1.165, 1.54) is 0 Å². The SMILES string of the molecule is CC1(C)CCC(N(C(=O)C(C)(C)C)[C@H]2C[C@@H](C3=NCCO3)N(C(=O)[C@@H]3CN(C(C)(C)C)C[C@H]3c3ccc(Cl)cc3)C2)CC1.Cl. The summed E-state index contributed by atoms with van der Waals surface area (Å²) in [6.45, 7) is 20.6. The van der Waals surface area contributed by atoms with Crippen LogP contribution in [-0.4, -0.2) is 88.9 Å². The highest BCUT2D eigenvalue weighted by molar-refractivity contribution is 6.30. The van der Waals surface area contributed by atoms with Crippen LogP contribution in [0.3, 0.4) is 0 Å². The minimum atomic E-state index is -0.500. The van der Waals surface area contributed by atoms with Crippen LogP contribution < -0.4 is 0 Å². The molecule has 0 radical (unpaired) electrons. The lowest BCUT2D eigenvalue weighted by Crippen LogP contribution is -2.54. The molecule has 0 aromatic heterocycles. The molecule has 3 aliphatic heterocycles. The summed E-state index contributed by atoms with van der Waals surface area (Å²) in [7, 11) is 0. The second-order valence-corrected chi connectivity index (χ2v) is 16.6. The first-order valence-electron chi connectivity index (χ1n) is 16.4. The first-order chi connectivity index (χ1) is 20.0. The molecule has 1 saturated carbocycles. The van der Waals surface area contributed by atoms with Crippen molar-refractivity contribution in [3.8, 4) is 0 Å².